The Morgan fingerprint density at radius 3 is 2.00 bits per heavy atom. The Balaban J connectivity index is 4.06. The quantitative estimate of drug-likeness (QED) is 0.335. The van der Waals surface area contributed by atoms with Crippen molar-refractivity contribution in [3.05, 3.63) is 0 Å². The van der Waals surface area contributed by atoms with Crippen LogP contribution in [-0.2, 0) is 14.5 Å². The van der Waals surface area contributed by atoms with Crippen molar-refractivity contribution in [2.45, 2.75) is 6.42 Å². The lowest BCUT2D eigenvalue weighted by atomic mass is 10.4. The van der Waals surface area contributed by atoms with Gasteiger partial charge in [-0.05, 0) is 4.81 Å². The van der Waals surface area contributed by atoms with Crippen molar-refractivity contribution in [1.29, 1.82) is 0 Å². The second kappa shape index (κ2) is 7.55. The third kappa shape index (κ3) is 7.23. The largest absolute Gasteiger partial charge is 0.481 e. The molecular weight excluding hydrogens is 206 g/mol. The zero-order valence-corrected chi connectivity index (χ0v) is 8.76. The Labute approximate surface area is 87.9 Å². The highest BCUT2D eigenvalue weighted by Gasteiger charge is 2.26. The van der Waals surface area contributed by atoms with Crippen LogP contribution in [0.25, 0.3) is 0 Å². The summed E-state index contributed by atoms with van der Waals surface area (Å²) in [4.78, 5) is 20.2. The van der Waals surface area contributed by atoms with Gasteiger partial charge in [-0.1, -0.05) is 0 Å². The fourth-order valence-corrected chi connectivity index (χ4v) is 0.933. The van der Waals surface area contributed by atoms with E-state index in [4.69, 9.17) is 25.0 Å². The second-order valence-electron chi connectivity index (χ2n) is 3.00. The van der Waals surface area contributed by atoms with Gasteiger partial charge in [0.1, 0.15) is 26.7 Å². The zero-order valence-electron chi connectivity index (χ0n) is 8.76. The molecule has 0 radical (unpaired) electrons. The van der Waals surface area contributed by atoms with E-state index in [1.807, 2.05) is 0 Å². The van der Waals surface area contributed by atoms with Crippen LogP contribution in [0.3, 0.4) is 0 Å². The lowest BCUT2D eigenvalue weighted by Crippen LogP contribution is -2.46. The molecule has 0 fully saturated rings. The number of rotatable bonds is 9. The Bertz CT molecular complexity index is 178. The van der Waals surface area contributed by atoms with E-state index in [0.717, 1.165) is 0 Å². The van der Waals surface area contributed by atoms with Gasteiger partial charge in [-0.25, -0.2) is 0 Å². The van der Waals surface area contributed by atoms with Crippen molar-refractivity contribution >= 4 is 5.97 Å². The smallest absolute Gasteiger partial charge is 0.309 e. The summed E-state index contributed by atoms with van der Waals surface area (Å²) in [6, 6.07) is 0. The topological polar surface area (TPSA) is 96.2 Å². The Morgan fingerprint density at radius 1 is 1.20 bits per heavy atom. The zero-order chi connectivity index (χ0) is 11.7. The highest BCUT2D eigenvalue weighted by molar-refractivity contribution is 5.66. The molecule has 0 heterocycles. The molecule has 0 aromatic rings. The minimum absolute atomic E-state index is 0.0432. The van der Waals surface area contributed by atoms with Gasteiger partial charge in [-0.2, -0.15) is 9.68 Å². The Morgan fingerprint density at radius 2 is 1.67 bits per heavy atom. The minimum Gasteiger partial charge on any atom is -0.481 e. The summed E-state index contributed by atoms with van der Waals surface area (Å²) < 4.78 is 0. The summed E-state index contributed by atoms with van der Waals surface area (Å²) >= 11 is 0. The number of aliphatic hydroxyl groups is 2. The van der Waals surface area contributed by atoms with Crippen LogP contribution >= 0.6 is 0 Å². The molecule has 0 spiro atoms. The number of hydrogen-bond donors (Lipinski definition) is 3. The lowest BCUT2D eigenvalue weighted by Gasteiger charge is -2.27. The first-order valence-electron chi connectivity index (χ1n) is 4.62. The minimum atomic E-state index is -0.959. The van der Waals surface area contributed by atoms with Gasteiger partial charge in [0.25, 0.3) is 0 Å². The predicted octanol–water partition coefficient (Wildman–Crippen LogP) is -1.24. The van der Waals surface area contributed by atoms with Crippen molar-refractivity contribution in [2.24, 2.45) is 0 Å². The average Bonchev–Trinajstić information content (AvgIpc) is 2.21. The van der Waals surface area contributed by atoms with Gasteiger partial charge >= 0.3 is 5.97 Å². The summed E-state index contributed by atoms with van der Waals surface area (Å²) in [5, 5.41) is 25.7. The maximum atomic E-state index is 10.4. The summed E-state index contributed by atoms with van der Waals surface area (Å²) in [7, 11) is 1.52. The van der Waals surface area contributed by atoms with E-state index in [0.29, 0.717) is 0 Å². The summed E-state index contributed by atoms with van der Waals surface area (Å²) in [5.74, 6) is -0.959. The first-order chi connectivity index (χ1) is 7.04. The van der Waals surface area contributed by atoms with E-state index in [1.54, 1.807) is 0 Å². The number of carboxylic acid groups (broad SMARTS) is 1. The van der Waals surface area contributed by atoms with Crippen molar-refractivity contribution in [2.75, 3.05) is 40.0 Å². The number of hydrogen-bond acceptors (Lipinski definition) is 5. The van der Waals surface area contributed by atoms with Crippen LogP contribution < -0.4 is 0 Å². The molecule has 7 nitrogen and oxygen atoms in total. The van der Waals surface area contributed by atoms with E-state index < -0.39 is 10.8 Å². The number of aliphatic carboxylic acids is 1. The molecule has 0 aliphatic rings. The third-order valence-electron chi connectivity index (χ3n) is 1.64. The Kier molecular flexibility index (Phi) is 7.18. The molecule has 90 valence electrons. The van der Waals surface area contributed by atoms with E-state index in [1.165, 1.54) is 7.05 Å². The number of carboxylic acids is 1. The van der Waals surface area contributed by atoms with Gasteiger partial charge in [0.15, 0.2) is 6.54 Å². The molecule has 3 N–H and O–H groups in total. The van der Waals surface area contributed by atoms with Crippen LogP contribution in [0, 0.1) is 0 Å². The van der Waals surface area contributed by atoms with Gasteiger partial charge in [0, 0.05) is 0 Å². The van der Waals surface area contributed by atoms with Crippen molar-refractivity contribution < 1.29 is 34.6 Å². The number of hydroxylamine groups is 4. The first-order valence-corrected chi connectivity index (χ1v) is 4.62. The molecule has 0 unspecified atom stereocenters. The van der Waals surface area contributed by atoms with E-state index >= 15 is 0 Å². The van der Waals surface area contributed by atoms with Gasteiger partial charge in [-0.3, -0.25) is 4.79 Å². The van der Waals surface area contributed by atoms with Crippen LogP contribution in [0.2, 0.25) is 0 Å². The van der Waals surface area contributed by atoms with Crippen LogP contribution in [-0.4, -0.2) is 66.1 Å². The van der Waals surface area contributed by atoms with Crippen molar-refractivity contribution in [1.82, 2.24) is 0 Å². The van der Waals surface area contributed by atoms with Crippen LogP contribution in [0.4, 0.5) is 0 Å². The highest BCUT2D eigenvalue weighted by atomic mass is 17.0. The molecule has 0 aliphatic carbocycles. The molecule has 0 atom stereocenters. The molecule has 0 aromatic heterocycles. The first kappa shape index (κ1) is 14.3. The SMILES string of the molecule is C[N+](CCC(=O)O)(OCCO)OCCO. The maximum Gasteiger partial charge on any atom is 0.309 e. The van der Waals surface area contributed by atoms with Crippen LogP contribution in [0.15, 0.2) is 0 Å². The average molecular weight is 224 g/mol. The molecule has 0 aliphatic heterocycles. The second-order valence-corrected chi connectivity index (χ2v) is 3.00. The number of aliphatic hydroxyl groups excluding tert-OH is 2. The van der Waals surface area contributed by atoms with Crippen LogP contribution in [0.1, 0.15) is 6.42 Å². The van der Waals surface area contributed by atoms with E-state index in [-0.39, 0.29) is 39.4 Å². The molecule has 0 saturated heterocycles. The van der Waals surface area contributed by atoms with E-state index in [9.17, 15) is 4.79 Å². The van der Waals surface area contributed by atoms with E-state index in [2.05, 4.69) is 0 Å². The third-order valence-corrected chi connectivity index (χ3v) is 1.64. The Hall–Kier alpha value is -0.730. The van der Waals surface area contributed by atoms with Crippen molar-refractivity contribution in [3.8, 4) is 0 Å². The fourth-order valence-electron chi connectivity index (χ4n) is 0.933. The fraction of sp³-hybridized carbons (Fsp3) is 0.875. The monoisotopic (exact) mass is 224 g/mol. The molecule has 0 amide bonds. The number of quaternary nitrogens is 1. The molecule has 15 heavy (non-hydrogen) atoms. The maximum absolute atomic E-state index is 10.4. The summed E-state index contributed by atoms with van der Waals surface area (Å²) in [6.07, 6.45) is -0.118. The van der Waals surface area contributed by atoms with Gasteiger partial charge in [0.2, 0.25) is 0 Å². The molecule has 0 rings (SSSR count). The highest BCUT2D eigenvalue weighted by Crippen LogP contribution is 2.07. The van der Waals surface area contributed by atoms with Gasteiger partial charge in [0.05, 0.1) is 13.2 Å². The molecule has 0 bridgehead atoms. The molecule has 0 aromatic carbocycles. The normalized spacial score (nSPS) is 11.7. The molecular formula is C8H18NO6+. The molecule has 0 saturated carbocycles. The van der Waals surface area contributed by atoms with Crippen molar-refractivity contribution in [3.63, 3.8) is 0 Å². The number of nitrogens with zero attached hydrogens (tertiary/aromatic N) is 1. The summed E-state index contributed by atoms with van der Waals surface area (Å²) in [6.45, 7) is -0.161. The summed E-state index contributed by atoms with van der Waals surface area (Å²) in [5.41, 5.74) is 0. The standard InChI is InChI=1S/C8H17NO6/c1-9(14-6-4-10,15-7-5-11)3-2-8(12)13/h10-11H,2-7H2,1H3/p+1. The predicted molar refractivity (Wildman–Crippen MR) is 49.4 cm³/mol. The van der Waals surface area contributed by atoms with Gasteiger partial charge < -0.3 is 15.3 Å². The number of carbonyl (C=O) groups is 1. The lowest BCUT2D eigenvalue weighted by molar-refractivity contribution is -1.23. The van der Waals surface area contributed by atoms with Crippen LogP contribution in [0.5, 0.6) is 0 Å². The molecule has 7 heteroatoms. The van der Waals surface area contributed by atoms with Gasteiger partial charge in [-0.15, -0.1) is 0 Å².